The molecule has 1 heterocycles. The Morgan fingerprint density at radius 2 is 2.42 bits per heavy atom. The Hall–Kier alpha value is -0.340. The van der Waals surface area contributed by atoms with E-state index in [2.05, 4.69) is 18.8 Å². The van der Waals surface area contributed by atoms with Gasteiger partial charge in [-0.15, -0.1) is 6.58 Å². The van der Waals surface area contributed by atoms with Crippen molar-refractivity contribution in [2.75, 3.05) is 6.54 Å². The zero-order valence-corrected chi connectivity index (χ0v) is 8.06. The van der Waals surface area contributed by atoms with Crippen LogP contribution in [0.25, 0.3) is 0 Å². The molecule has 0 aromatic heterocycles. The summed E-state index contributed by atoms with van der Waals surface area (Å²) in [5.41, 5.74) is 0.983. The Labute approximate surface area is 74.7 Å². The minimum Gasteiger partial charge on any atom is -0.391 e. The predicted molar refractivity (Wildman–Crippen MR) is 51.1 cm³/mol. The van der Waals surface area contributed by atoms with Crippen LogP contribution in [-0.2, 0) is 0 Å². The van der Waals surface area contributed by atoms with E-state index >= 15 is 0 Å². The standard InChI is InChI=1S/C10H19NO/c1-8(2)7-9(12)10(3)5-4-6-11-10/h9,11-12H,1,4-7H2,2-3H3. The molecule has 0 aromatic rings. The summed E-state index contributed by atoms with van der Waals surface area (Å²) < 4.78 is 0. The lowest BCUT2D eigenvalue weighted by Crippen LogP contribution is -2.47. The van der Waals surface area contributed by atoms with Crippen LogP contribution in [0.15, 0.2) is 12.2 Å². The third kappa shape index (κ3) is 2.08. The first kappa shape index (κ1) is 9.75. The molecular weight excluding hydrogens is 150 g/mol. The highest BCUT2D eigenvalue weighted by Crippen LogP contribution is 2.25. The molecule has 0 bridgehead atoms. The maximum atomic E-state index is 9.86. The highest BCUT2D eigenvalue weighted by atomic mass is 16.3. The van der Waals surface area contributed by atoms with Crippen LogP contribution in [0.2, 0.25) is 0 Å². The normalized spacial score (nSPS) is 31.9. The van der Waals surface area contributed by atoms with Crippen molar-refractivity contribution in [1.29, 1.82) is 0 Å². The Kier molecular flexibility index (Phi) is 2.91. The van der Waals surface area contributed by atoms with Gasteiger partial charge in [0.25, 0.3) is 0 Å². The summed E-state index contributed by atoms with van der Waals surface area (Å²) in [5, 5.41) is 13.2. The number of rotatable bonds is 3. The average Bonchev–Trinajstić information content (AvgIpc) is 2.36. The summed E-state index contributed by atoms with van der Waals surface area (Å²) in [4.78, 5) is 0. The van der Waals surface area contributed by atoms with Gasteiger partial charge in [0, 0.05) is 5.54 Å². The third-order valence-corrected chi connectivity index (χ3v) is 2.68. The van der Waals surface area contributed by atoms with Gasteiger partial charge in [0.05, 0.1) is 6.10 Å². The van der Waals surface area contributed by atoms with Crippen molar-refractivity contribution < 1.29 is 5.11 Å². The fraction of sp³-hybridized carbons (Fsp3) is 0.800. The van der Waals surface area contributed by atoms with E-state index in [1.54, 1.807) is 0 Å². The Bertz CT molecular complexity index is 171. The number of hydrogen-bond donors (Lipinski definition) is 2. The molecule has 1 saturated heterocycles. The van der Waals surface area contributed by atoms with Crippen LogP contribution in [0.5, 0.6) is 0 Å². The van der Waals surface area contributed by atoms with E-state index in [9.17, 15) is 5.11 Å². The van der Waals surface area contributed by atoms with Crippen molar-refractivity contribution in [1.82, 2.24) is 5.32 Å². The van der Waals surface area contributed by atoms with Gasteiger partial charge in [-0.2, -0.15) is 0 Å². The van der Waals surface area contributed by atoms with Gasteiger partial charge in [0.1, 0.15) is 0 Å². The molecule has 2 heteroatoms. The molecule has 1 fully saturated rings. The molecule has 2 nitrogen and oxygen atoms in total. The highest BCUT2D eigenvalue weighted by Gasteiger charge is 2.35. The van der Waals surface area contributed by atoms with Crippen molar-refractivity contribution in [3.05, 3.63) is 12.2 Å². The van der Waals surface area contributed by atoms with Crippen LogP contribution in [0.4, 0.5) is 0 Å². The van der Waals surface area contributed by atoms with Gasteiger partial charge >= 0.3 is 0 Å². The molecule has 2 unspecified atom stereocenters. The van der Waals surface area contributed by atoms with E-state index in [1.807, 2.05) is 6.92 Å². The molecule has 0 spiro atoms. The SMILES string of the molecule is C=C(C)CC(O)C1(C)CCCN1. The van der Waals surface area contributed by atoms with Crippen LogP contribution < -0.4 is 5.32 Å². The van der Waals surface area contributed by atoms with Gasteiger partial charge in [-0.25, -0.2) is 0 Å². The first-order chi connectivity index (χ1) is 5.54. The smallest absolute Gasteiger partial charge is 0.0755 e. The van der Waals surface area contributed by atoms with Crippen LogP contribution >= 0.6 is 0 Å². The lowest BCUT2D eigenvalue weighted by molar-refractivity contribution is 0.0820. The zero-order chi connectivity index (χ0) is 9.19. The molecule has 0 radical (unpaired) electrons. The van der Waals surface area contributed by atoms with Crippen molar-refractivity contribution in [3.63, 3.8) is 0 Å². The molecule has 70 valence electrons. The summed E-state index contributed by atoms with van der Waals surface area (Å²) in [6, 6.07) is 0. The van der Waals surface area contributed by atoms with Crippen molar-refractivity contribution in [2.24, 2.45) is 0 Å². The van der Waals surface area contributed by atoms with Gasteiger partial charge in [-0.05, 0) is 39.7 Å². The van der Waals surface area contributed by atoms with E-state index in [0.717, 1.165) is 18.5 Å². The van der Waals surface area contributed by atoms with Gasteiger partial charge in [0.15, 0.2) is 0 Å². The van der Waals surface area contributed by atoms with E-state index in [-0.39, 0.29) is 11.6 Å². The lowest BCUT2D eigenvalue weighted by atomic mass is 9.89. The summed E-state index contributed by atoms with van der Waals surface area (Å²) in [7, 11) is 0. The van der Waals surface area contributed by atoms with Crippen LogP contribution in [0.3, 0.4) is 0 Å². The van der Waals surface area contributed by atoms with Crippen LogP contribution in [0.1, 0.15) is 33.1 Å². The monoisotopic (exact) mass is 169 g/mol. The summed E-state index contributed by atoms with van der Waals surface area (Å²) in [6.07, 6.45) is 2.67. The van der Waals surface area contributed by atoms with Gasteiger partial charge < -0.3 is 10.4 Å². The van der Waals surface area contributed by atoms with E-state index < -0.39 is 0 Å². The predicted octanol–water partition coefficient (Wildman–Crippen LogP) is 1.46. The molecule has 0 saturated carbocycles. The fourth-order valence-electron chi connectivity index (χ4n) is 1.76. The van der Waals surface area contributed by atoms with E-state index in [1.165, 1.54) is 6.42 Å². The lowest BCUT2D eigenvalue weighted by Gasteiger charge is -2.30. The van der Waals surface area contributed by atoms with Crippen LogP contribution in [-0.4, -0.2) is 23.3 Å². The van der Waals surface area contributed by atoms with Gasteiger partial charge in [-0.3, -0.25) is 0 Å². The number of aliphatic hydroxyl groups excluding tert-OH is 1. The van der Waals surface area contributed by atoms with Gasteiger partial charge in [0.2, 0.25) is 0 Å². The Balaban J connectivity index is 2.49. The largest absolute Gasteiger partial charge is 0.391 e. The molecule has 1 rings (SSSR count). The van der Waals surface area contributed by atoms with Crippen molar-refractivity contribution in [2.45, 2.75) is 44.8 Å². The molecule has 2 atom stereocenters. The summed E-state index contributed by atoms with van der Waals surface area (Å²) in [5.74, 6) is 0. The molecule has 1 aliphatic heterocycles. The Morgan fingerprint density at radius 3 is 2.83 bits per heavy atom. The average molecular weight is 169 g/mol. The molecule has 0 amide bonds. The molecule has 0 aromatic carbocycles. The molecular formula is C10H19NO. The second-order valence-corrected chi connectivity index (χ2v) is 4.12. The molecule has 0 aliphatic carbocycles. The zero-order valence-electron chi connectivity index (χ0n) is 8.06. The second-order valence-electron chi connectivity index (χ2n) is 4.12. The first-order valence-corrected chi connectivity index (χ1v) is 4.62. The molecule has 12 heavy (non-hydrogen) atoms. The minimum atomic E-state index is -0.280. The highest BCUT2D eigenvalue weighted by molar-refractivity contribution is 5.01. The third-order valence-electron chi connectivity index (χ3n) is 2.68. The molecule has 2 N–H and O–H groups in total. The van der Waals surface area contributed by atoms with Gasteiger partial charge in [-0.1, -0.05) is 5.57 Å². The second kappa shape index (κ2) is 3.58. The van der Waals surface area contributed by atoms with Crippen molar-refractivity contribution >= 4 is 0 Å². The summed E-state index contributed by atoms with van der Waals surface area (Å²) >= 11 is 0. The van der Waals surface area contributed by atoms with Crippen LogP contribution in [0, 0.1) is 0 Å². The van der Waals surface area contributed by atoms with E-state index in [4.69, 9.17) is 0 Å². The minimum absolute atomic E-state index is 0.0705. The maximum absolute atomic E-state index is 9.86. The number of hydrogen-bond acceptors (Lipinski definition) is 2. The summed E-state index contributed by atoms with van der Waals surface area (Å²) in [6.45, 7) is 8.89. The number of aliphatic hydroxyl groups is 1. The van der Waals surface area contributed by atoms with E-state index in [0.29, 0.717) is 6.42 Å². The molecule has 1 aliphatic rings. The maximum Gasteiger partial charge on any atom is 0.0755 e. The quantitative estimate of drug-likeness (QED) is 0.627. The topological polar surface area (TPSA) is 32.3 Å². The fourth-order valence-corrected chi connectivity index (χ4v) is 1.76. The first-order valence-electron chi connectivity index (χ1n) is 4.62. The Morgan fingerprint density at radius 1 is 1.75 bits per heavy atom. The number of nitrogens with one attached hydrogen (secondary N) is 1. The van der Waals surface area contributed by atoms with Crippen molar-refractivity contribution in [3.8, 4) is 0 Å².